The molecule has 0 saturated carbocycles. The Morgan fingerprint density at radius 2 is 2.09 bits per heavy atom. The van der Waals surface area contributed by atoms with Gasteiger partial charge in [0.2, 0.25) is 5.91 Å². The average molecular weight is 297 g/mol. The van der Waals surface area contributed by atoms with Gasteiger partial charge in [0.15, 0.2) is 0 Å². The molecule has 4 nitrogen and oxygen atoms in total. The predicted molar refractivity (Wildman–Crippen MR) is 84.2 cm³/mol. The number of nitrogens with one attached hydrogen (secondary N) is 1. The van der Waals surface area contributed by atoms with Gasteiger partial charge in [-0.15, -0.1) is 0 Å². The first-order valence-corrected chi connectivity index (χ1v) is 7.43. The summed E-state index contributed by atoms with van der Waals surface area (Å²) in [6.07, 6.45) is 6.65. The van der Waals surface area contributed by atoms with E-state index in [1.54, 1.807) is 24.5 Å². The number of benzene rings is 1. The van der Waals surface area contributed by atoms with Crippen molar-refractivity contribution in [1.29, 1.82) is 0 Å². The summed E-state index contributed by atoms with van der Waals surface area (Å²) in [5.74, 6) is 0.393. The molecule has 1 aliphatic carbocycles. The summed E-state index contributed by atoms with van der Waals surface area (Å²) in [5.41, 5.74) is 1.58. The molecular formula is C18H19NO3. The van der Waals surface area contributed by atoms with Gasteiger partial charge in [0.05, 0.1) is 11.9 Å². The maximum atomic E-state index is 11.8. The number of hydrogen-bond acceptors (Lipinski definition) is 3. The second-order valence-electron chi connectivity index (χ2n) is 5.74. The Kier molecular flexibility index (Phi) is 4.11. The van der Waals surface area contributed by atoms with Crippen LogP contribution in [0.1, 0.15) is 23.3 Å². The summed E-state index contributed by atoms with van der Waals surface area (Å²) in [4.78, 5) is 11.8. The van der Waals surface area contributed by atoms with Gasteiger partial charge in [-0.1, -0.05) is 24.3 Å². The second-order valence-corrected chi connectivity index (χ2v) is 5.74. The Bertz CT molecular complexity index is 675. The first-order chi connectivity index (χ1) is 10.6. The van der Waals surface area contributed by atoms with E-state index >= 15 is 0 Å². The lowest BCUT2D eigenvalue weighted by molar-refractivity contribution is -0.117. The van der Waals surface area contributed by atoms with Crippen LogP contribution in [-0.4, -0.2) is 23.2 Å². The zero-order chi connectivity index (χ0) is 15.4. The SMILES string of the molecule is O=C(/C=C/c1ccco1)NC[C@@]1(O)CCc2ccccc2C1. The molecule has 0 saturated heterocycles. The maximum absolute atomic E-state index is 11.8. The number of hydrogen-bond donors (Lipinski definition) is 2. The molecule has 1 atom stereocenters. The fraction of sp³-hybridized carbons (Fsp3) is 0.278. The van der Waals surface area contributed by atoms with Gasteiger partial charge in [0.25, 0.3) is 0 Å². The average Bonchev–Trinajstić information content (AvgIpc) is 3.04. The Hall–Kier alpha value is -2.33. The Morgan fingerprint density at radius 1 is 1.27 bits per heavy atom. The Morgan fingerprint density at radius 3 is 2.86 bits per heavy atom. The van der Waals surface area contributed by atoms with E-state index in [0.29, 0.717) is 18.6 Å². The second kappa shape index (κ2) is 6.20. The number of carbonyl (C=O) groups excluding carboxylic acids is 1. The summed E-state index contributed by atoms with van der Waals surface area (Å²) in [7, 11) is 0. The minimum Gasteiger partial charge on any atom is -0.465 e. The number of carbonyl (C=O) groups is 1. The molecule has 1 amide bonds. The smallest absolute Gasteiger partial charge is 0.244 e. The highest BCUT2D eigenvalue weighted by Gasteiger charge is 2.31. The molecule has 0 bridgehead atoms. The van der Waals surface area contributed by atoms with Gasteiger partial charge in [-0.3, -0.25) is 4.79 Å². The number of amides is 1. The van der Waals surface area contributed by atoms with Gasteiger partial charge in [-0.2, -0.15) is 0 Å². The van der Waals surface area contributed by atoms with E-state index in [1.807, 2.05) is 18.2 Å². The van der Waals surface area contributed by atoms with E-state index in [0.717, 1.165) is 12.0 Å². The third kappa shape index (κ3) is 3.46. The molecular weight excluding hydrogens is 278 g/mol. The highest BCUT2D eigenvalue weighted by molar-refractivity contribution is 5.91. The van der Waals surface area contributed by atoms with Crippen LogP contribution in [0.5, 0.6) is 0 Å². The Labute approximate surface area is 129 Å². The van der Waals surface area contributed by atoms with E-state index in [2.05, 4.69) is 11.4 Å². The Balaban J connectivity index is 1.56. The van der Waals surface area contributed by atoms with Crippen molar-refractivity contribution in [3.63, 3.8) is 0 Å². The minimum atomic E-state index is -0.872. The van der Waals surface area contributed by atoms with Crippen LogP contribution in [0.4, 0.5) is 0 Å². The lowest BCUT2D eigenvalue weighted by Crippen LogP contribution is -2.46. The predicted octanol–water partition coefficient (Wildman–Crippen LogP) is 2.33. The number of fused-ring (bicyclic) bond motifs is 1. The molecule has 2 N–H and O–H groups in total. The van der Waals surface area contributed by atoms with Crippen LogP contribution in [-0.2, 0) is 17.6 Å². The molecule has 0 radical (unpaired) electrons. The van der Waals surface area contributed by atoms with Crippen molar-refractivity contribution in [1.82, 2.24) is 5.32 Å². The van der Waals surface area contributed by atoms with Crippen molar-refractivity contribution in [3.05, 3.63) is 65.6 Å². The normalized spacial score (nSPS) is 20.8. The summed E-state index contributed by atoms with van der Waals surface area (Å²) >= 11 is 0. The van der Waals surface area contributed by atoms with Crippen LogP contribution in [0, 0.1) is 0 Å². The van der Waals surface area contributed by atoms with E-state index in [1.165, 1.54) is 11.6 Å². The molecule has 4 heteroatoms. The first kappa shape index (κ1) is 14.6. The highest BCUT2D eigenvalue weighted by atomic mass is 16.3. The van der Waals surface area contributed by atoms with Gasteiger partial charge in [-0.05, 0) is 42.2 Å². The van der Waals surface area contributed by atoms with Gasteiger partial charge in [-0.25, -0.2) is 0 Å². The van der Waals surface area contributed by atoms with Crippen molar-refractivity contribution in [2.24, 2.45) is 0 Å². The van der Waals surface area contributed by atoms with Crippen LogP contribution in [0.15, 0.2) is 53.2 Å². The van der Waals surface area contributed by atoms with Gasteiger partial charge in [0.1, 0.15) is 5.76 Å². The molecule has 114 valence electrons. The van der Waals surface area contributed by atoms with Crippen LogP contribution in [0.2, 0.25) is 0 Å². The number of furan rings is 1. The van der Waals surface area contributed by atoms with Crippen LogP contribution in [0.25, 0.3) is 6.08 Å². The van der Waals surface area contributed by atoms with Crippen LogP contribution < -0.4 is 5.32 Å². The molecule has 1 heterocycles. The molecule has 0 spiro atoms. The minimum absolute atomic E-state index is 0.233. The molecule has 0 fully saturated rings. The summed E-state index contributed by atoms with van der Waals surface area (Å²) < 4.78 is 5.12. The fourth-order valence-corrected chi connectivity index (χ4v) is 2.79. The van der Waals surface area contributed by atoms with Crippen LogP contribution in [0.3, 0.4) is 0 Å². The lowest BCUT2D eigenvalue weighted by Gasteiger charge is -2.33. The summed E-state index contributed by atoms with van der Waals surface area (Å²) in [6.45, 7) is 0.253. The van der Waals surface area contributed by atoms with Crippen LogP contribution >= 0.6 is 0 Å². The third-order valence-corrected chi connectivity index (χ3v) is 4.03. The standard InChI is InChI=1S/C18H19NO3/c20-17(8-7-16-6-3-11-22-16)19-13-18(21)10-9-14-4-1-2-5-15(14)12-18/h1-8,11,21H,9-10,12-13H2,(H,19,20)/b8-7+/t18-/m1/s1. The quantitative estimate of drug-likeness (QED) is 0.851. The van der Waals surface area contributed by atoms with E-state index in [9.17, 15) is 9.90 Å². The summed E-state index contributed by atoms with van der Waals surface area (Å²) in [6, 6.07) is 11.7. The van der Waals surface area contributed by atoms with Crippen molar-refractivity contribution in [2.75, 3.05) is 6.54 Å². The third-order valence-electron chi connectivity index (χ3n) is 4.03. The molecule has 2 aromatic rings. The van der Waals surface area contributed by atoms with Crippen molar-refractivity contribution in [2.45, 2.75) is 24.9 Å². The zero-order valence-electron chi connectivity index (χ0n) is 12.3. The van der Waals surface area contributed by atoms with E-state index in [-0.39, 0.29) is 12.5 Å². The van der Waals surface area contributed by atoms with Crippen molar-refractivity contribution in [3.8, 4) is 0 Å². The highest BCUT2D eigenvalue weighted by Crippen LogP contribution is 2.28. The van der Waals surface area contributed by atoms with Crippen molar-refractivity contribution >= 4 is 12.0 Å². The lowest BCUT2D eigenvalue weighted by atomic mass is 9.80. The first-order valence-electron chi connectivity index (χ1n) is 7.43. The molecule has 0 unspecified atom stereocenters. The monoisotopic (exact) mass is 297 g/mol. The number of aryl methyl sites for hydroxylation is 1. The summed E-state index contributed by atoms with van der Waals surface area (Å²) in [5, 5.41) is 13.4. The maximum Gasteiger partial charge on any atom is 0.244 e. The van der Waals surface area contributed by atoms with Gasteiger partial charge >= 0.3 is 0 Å². The fourth-order valence-electron chi connectivity index (χ4n) is 2.79. The molecule has 22 heavy (non-hydrogen) atoms. The molecule has 3 rings (SSSR count). The molecule has 1 aliphatic rings. The molecule has 0 aliphatic heterocycles. The topological polar surface area (TPSA) is 62.5 Å². The van der Waals surface area contributed by atoms with E-state index in [4.69, 9.17) is 4.42 Å². The molecule has 1 aromatic heterocycles. The van der Waals surface area contributed by atoms with Gasteiger partial charge in [0, 0.05) is 19.0 Å². The zero-order valence-corrected chi connectivity index (χ0v) is 12.3. The molecule has 1 aromatic carbocycles. The number of aliphatic hydroxyl groups is 1. The largest absolute Gasteiger partial charge is 0.465 e. The van der Waals surface area contributed by atoms with E-state index < -0.39 is 5.60 Å². The number of rotatable bonds is 4. The van der Waals surface area contributed by atoms with Crippen molar-refractivity contribution < 1.29 is 14.3 Å². The van der Waals surface area contributed by atoms with Gasteiger partial charge < -0.3 is 14.8 Å².